The molecule has 0 bridgehead atoms. The predicted molar refractivity (Wildman–Crippen MR) is 103 cm³/mol. The zero-order chi connectivity index (χ0) is 18.9. The van der Waals surface area contributed by atoms with Gasteiger partial charge in [-0.15, -0.1) is 0 Å². The largest absolute Gasteiger partial charge is 0.489 e. The van der Waals surface area contributed by atoms with Crippen LogP contribution < -0.4 is 15.4 Å². The van der Waals surface area contributed by atoms with Crippen molar-refractivity contribution in [1.29, 1.82) is 0 Å². The van der Waals surface area contributed by atoms with Gasteiger partial charge in [0.15, 0.2) is 0 Å². The summed E-state index contributed by atoms with van der Waals surface area (Å²) in [5.41, 5.74) is 7.22. The van der Waals surface area contributed by atoms with Crippen molar-refractivity contribution in [3.63, 3.8) is 0 Å². The summed E-state index contributed by atoms with van der Waals surface area (Å²) >= 11 is 0. The van der Waals surface area contributed by atoms with Crippen molar-refractivity contribution >= 4 is 11.6 Å². The zero-order valence-corrected chi connectivity index (χ0v) is 16.1. The first-order valence-corrected chi connectivity index (χ1v) is 9.05. The fraction of sp³-hybridized carbons (Fsp3) is 0.550. The van der Waals surface area contributed by atoms with Crippen LogP contribution in [0.5, 0.6) is 5.75 Å². The molecule has 2 aliphatic heterocycles. The first-order chi connectivity index (χ1) is 12.3. The topological polar surface area (TPSA) is 62.0 Å². The summed E-state index contributed by atoms with van der Waals surface area (Å²) in [5.74, 6) is 7.20. The Morgan fingerprint density at radius 2 is 1.88 bits per heavy atom. The van der Waals surface area contributed by atoms with Crippen molar-refractivity contribution in [2.24, 2.45) is 5.73 Å². The molecule has 0 radical (unpaired) electrons. The molecular formula is C20H28N4O2. The van der Waals surface area contributed by atoms with Crippen LogP contribution in [0.25, 0.3) is 0 Å². The van der Waals surface area contributed by atoms with Crippen molar-refractivity contribution in [1.82, 2.24) is 9.80 Å². The summed E-state index contributed by atoms with van der Waals surface area (Å²) in [6, 6.07) is 5.06. The van der Waals surface area contributed by atoms with Crippen molar-refractivity contribution < 1.29 is 9.53 Å². The van der Waals surface area contributed by atoms with E-state index in [4.69, 9.17) is 10.5 Å². The van der Waals surface area contributed by atoms with Crippen LogP contribution in [-0.2, 0) is 4.79 Å². The van der Waals surface area contributed by atoms with E-state index >= 15 is 0 Å². The number of nitrogens with zero attached hydrogens (tertiary/aromatic N) is 3. The number of likely N-dealkylation sites (N-methyl/N-ethyl adjacent to an activating group) is 2. The molecule has 1 atom stereocenters. The molecule has 140 valence electrons. The third-order valence-electron chi connectivity index (χ3n) is 5.19. The van der Waals surface area contributed by atoms with Crippen molar-refractivity contribution in [3.8, 4) is 17.6 Å². The highest BCUT2D eigenvalue weighted by atomic mass is 16.5. The van der Waals surface area contributed by atoms with E-state index in [0.717, 1.165) is 31.7 Å². The molecule has 2 heterocycles. The van der Waals surface area contributed by atoms with Gasteiger partial charge in [0, 0.05) is 38.8 Å². The molecule has 6 nitrogen and oxygen atoms in total. The standard InChI is InChI=1S/C20H28N4O2/c1-20(2,24-11-9-22(3)10-12-24)8-7-15-5-6-18-17(13-15)23(4)19(25)16(21)14-26-18/h5-6,13,16H,9-12,14,21H2,1-4H3. The van der Waals surface area contributed by atoms with Crippen LogP contribution in [0.2, 0.25) is 0 Å². The second kappa shape index (κ2) is 7.28. The molecule has 1 aromatic rings. The number of anilines is 1. The Balaban J connectivity index is 1.82. The maximum atomic E-state index is 12.2. The number of carbonyl (C=O) groups is 1. The monoisotopic (exact) mass is 356 g/mol. The van der Waals surface area contributed by atoms with E-state index in [2.05, 4.69) is 42.5 Å². The Labute approximate surface area is 155 Å². The summed E-state index contributed by atoms with van der Waals surface area (Å²) in [6.07, 6.45) is 0. The Bertz CT molecular complexity index is 742. The Kier molecular flexibility index (Phi) is 5.24. The van der Waals surface area contributed by atoms with Gasteiger partial charge in [0.25, 0.3) is 0 Å². The van der Waals surface area contributed by atoms with Crippen LogP contribution in [0.4, 0.5) is 5.69 Å². The number of hydrogen-bond acceptors (Lipinski definition) is 5. The van der Waals surface area contributed by atoms with Gasteiger partial charge in [0.1, 0.15) is 18.4 Å². The fourth-order valence-electron chi connectivity index (χ4n) is 3.27. The minimum absolute atomic E-state index is 0.147. The minimum Gasteiger partial charge on any atom is -0.489 e. The molecule has 1 unspecified atom stereocenters. The second-order valence-corrected chi connectivity index (χ2v) is 7.60. The lowest BCUT2D eigenvalue weighted by molar-refractivity contribution is -0.119. The number of rotatable bonds is 1. The third kappa shape index (κ3) is 3.85. The number of carbonyl (C=O) groups excluding carboxylic acids is 1. The van der Waals surface area contributed by atoms with E-state index in [0.29, 0.717) is 11.4 Å². The molecule has 0 aliphatic carbocycles. The van der Waals surface area contributed by atoms with E-state index in [1.54, 1.807) is 11.9 Å². The average Bonchev–Trinajstić information content (AvgIpc) is 2.73. The summed E-state index contributed by atoms with van der Waals surface area (Å²) in [7, 11) is 3.87. The molecule has 1 saturated heterocycles. The molecule has 0 saturated carbocycles. The number of nitrogens with two attached hydrogens (primary N) is 1. The molecule has 2 aliphatic rings. The number of amides is 1. The molecule has 2 N–H and O–H groups in total. The van der Waals surface area contributed by atoms with Gasteiger partial charge in [-0.1, -0.05) is 11.8 Å². The van der Waals surface area contributed by atoms with Gasteiger partial charge < -0.3 is 20.3 Å². The van der Waals surface area contributed by atoms with Crippen molar-refractivity contribution in [3.05, 3.63) is 23.8 Å². The summed E-state index contributed by atoms with van der Waals surface area (Å²) < 4.78 is 5.66. The normalized spacial score (nSPS) is 22.1. The molecule has 1 aromatic carbocycles. The van der Waals surface area contributed by atoms with Crippen LogP contribution in [0, 0.1) is 11.8 Å². The average molecular weight is 356 g/mol. The Morgan fingerprint density at radius 1 is 1.19 bits per heavy atom. The molecule has 6 heteroatoms. The highest BCUT2D eigenvalue weighted by Crippen LogP contribution is 2.31. The minimum atomic E-state index is -0.641. The first kappa shape index (κ1) is 18.7. The Morgan fingerprint density at radius 3 is 2.58 bits per heavy atom. The predicted octanol–water partition coefficient (Wildman–Crippen LogP) is 0.747. The maximum absolute atomic E-state index is 12.2. The van der Waals surface area contributed by atoms with Gasteiger partial charge in [-0.3, -0.25) is 9.69 Å². The van der Waals surface area contributed by atoms with Crippen LogP contribution in [-0.4, -0.2) is 74.2 Å². The van der Waals surface area contributed by atoms with Gasteiger partial charge in [-0.05, 0) is 39.1 Å². The second-order valence-electron chi connectivity index (χ2n) is 7.60. The lowest BCUT2D eigenvalue weighted by Crippen LogP contribution is -2.53. The van der Waals surface area contributed by atoms with Gasteiger partial charge >= 0.3 is 0 Å². The smallest absolute Gasteiger partial charge is 0.247 e. The number of fused-ring (bicyclic) bond motifs is 1. The highest BCUT2D eigenvalue weighted by molar-refractivity contribution is 5.98. The molecule has 0 aromatic heterocycles. The van der Waals surface area contributed by atoms with Gasteiger partial charge in [0.05, 0.1) is 11.2 Å². The van der Waals surface area contributed by atoms with Crippen molar-refractivity contribution in [2.75, 3.05) is 51.8 Å². The molecule has 26 heavy (non-hydrogen) atoms. The summed E-state index contributed by atoms with van der Waals surface area (Å²) in [4.78, 5) is 18.6. The van der Waals surface area contributed by atoms with Crippen LogP contribution >= 0.6 is 0 Å². The van der Waals surface area contributed by atoms with Gasteiger partial charge in [-0.2, -0.15) is 0 Å². The van der Waals surface area contributed by atoms with E-state index in [1.165, 1.54) is 0 Å². The van der Waals surface area contributed by atoms with Crippen LogP contribution in [0.1, 0.15) is 19.4 Å². The van der Waals surface area contributed by atoms with E-state index in [-0.39, 0.29) is 18.1 Å². The quantitative estimate of drug-likeness (QED) is 0.753. The molecule has 1 amide bonds. The molecule has 0 spiro atoms. The summed E-state index contributed by atoms with van der Waals surface area (Å²) in [5, 5.41) is 0. The van der Waals surface area contributed by atoms with E-state index in [9.17, 15) is 4.79 Å². The molecular weight excluding hydrogens is 328 g/mol. The van der Waals surface area contributed by atoms with E-state index in [1.807, 2.05) is 18.2 Å². The number of ether oxygens (including phenoxy) is 1. The zero-order valence-electron chi connectivity index (χ0n) is 16.1. The Hall–Kier alpha value is -2.07. The molecule has 1 fully saturated rings. The third-order valence-corrected chi connectivity index (χ3v) is 5.19. The SMILES string of the molecule is CN1CCN(C(C)(C)C#Cc2ccc3c(c2)N(C)C(=O)C(N)CO3)CC1. The lowest BCUT2D eigenvalue weighted by atomic mass is 10.0. The number of piperazine rings is 1. The molecule has 3 rings (SSSR count). The van der Waals surface area contributed by atoms with Crippen LogP contribution in [0.15, 0.2) is 18.2 Å². The summed E-state index contributed by atoms with van der Waals surface area (Å²) in [6.45, 7) is 8.68. The van der Waals surface area contributed by atoms with Gasteiger partial charge in [0.2, 0.25) is 5.91 Å². The van der Waals surface area contributed by atoms with E-state index < -0.39 is 6.04 Å². The lowest BCUT2D eigenvalue weighted by Gasteiger charge is -2.40. The first-order valence-electron chi connectivity index (χ1n) is 9.05. The highest BCUT2D eigenvalue weighted by Gasteiger charge is 2.28. The van der Waals surface area contributed by atoms with Crippen molar-refractivity contribution in [2.45, 2.75) is 25.4 Å². The maximum Gasteiger partial charge on any atom is 0.247 e. The van der Waals surface area contributed by atoms with Crippen LogP contribution in [0.3, 0.4) is 0 Å². The fourth-order valence-corrected chi connectivity index (χ4v) is 3.27. The van der Waals surface area contributed by atoms with Gasteiger partial charge in [-0.25, -0.2) is 0 Å². The number of benzene rings is 1. The number of hydrogen-bond donors (Lipinski definition) is 1.